The molecule has 126 valence electrons. The van der Waals surface area contributed by atoms with Crippen LogP contribution in [0.1, 0.15) is 59.8 Å². The molecule has 0 aromatic carbocycles. The van der Waals surface area contributed by atoms with Crippen LogP contribution in [0.3, 0.4) is 0 Å². The SMILES string of the molecule is CC(C)=CCCC(C)=CCC1CC(O)C(CC(C)O)C(=O)O1. The Hall–Kier alpha value is -1.13. The molecule has 0 aromatic heterocycles. The van der Waals surface area contributed by atoms with Crippen molar-refractivity contribution in [3.63, 3.8) is 0 Å². The number of esters is 1. The molecule has 0 bridgehead atoms. The summed E-state index contributed by atoms with van der Waals surface area (Å²) in [5.74, 6) is -0.987. The highest BCUT2D eigenvalue weighted by Crippen LogP contribution is 2.27. The van der Waals surface area contributed by atoms with E-state index in [1.54, 1.807) is 6.92 Å². The Morgan fingerprint density at radius 2 is 2.05 bits per heavy atom. The van der Waals surface area contributed by atoms with Crippen molar-refractivity contribution in [2.24, 2.45) is 5.92 Å². The van der Waals surface area contributed by atoms with Crippen molar-refractivity contribution >= 4 is 5.97 Å². The average Bonchev–Trinajstić information content (AvgIpc) is 2.40. The third-order valence-electron chi connectivity index (χ3n) is 3.97. The number of hydrogen-bond acceptors (Lipinski definition) is 4. The van der Waals surface area contributed by atoms with Crippen LogP contribution in [0.2, 0.25) is 0 Å². The fourth-order valence-corrected chi connectivity index (χ4v) is 2.68. The van der Waals surface area contributed by atoms with E-state index in [0.717, 1.165) is 12.8 Å². The summed E-state index contributed by atoms with van der Waals surface area (Å²) < 4.78 is 5.40. The van der Waals surface area contributed by atoms with Gasteiger partial charge in [-0.15, -0.1) is 0 Å². The van der Waals surface area contributed by atoms with E-state index in [1.807, 2.05) is 0 Å². The summed E-state index contributed by atoms with van der Waals surface area (Å²) in [4.78, 5) is 11.9. The summed E-state index contributed by atoms with van der Waals surface area (Å²) in [6.07, 6.45) is 6.08. The molecule has 2 N–H and O–H groups in total. The van der Waals surface area contributed by atoms with Gasteiger partial charge in [-0.2, -0.15) is 0 Å². The topological polar surface area (TPSA) is 66.8 Å². The molecule has 4 atom stereocenters. The minimum absolute atomic E-state index is 0.254. The van der Waals surface area contributed by atoms with Crippen molar-refractivity contribution in [2.45, 2.75) is 78.1 Å². The first kappa shape index (κ1) is 18.9. The molecule has 0 aliphatic carbocycles. The van der Waals surface area contributed by atoms with Crippen molar-refractivity contribution in [3.05, 3.63) is 23.3 Å². The summed E-state index contributed by atoms with van der Waals surface area (Å²) in [6.45, 7) is 7.87. The Bertz CT molecular complexity index is 419. The fourth-order valence-electron chi connectivity index (χ4n) is 2.68. The van der Waals surface area contributed by atoms with Gasteiger partial charge in [-0.05, 0) is 47.0 Å². The van der Waals surface area contributed by atoms with Crippen LogP contribution in [-0.2, 0) is 9.53 Å². The largest absolute Gasteiger partial charge is 0.462 e. The summed E-state index contributed by atoms with van der Waals surface area (Å²) in [6, 6.07) is 0. The van der Waals surface area contributed by atoms with Gasteiger partial charge in [0, 0.05) is 12.8 Å². The number of ether oxygens (including phenoxy) is 1. The van der Waals surface area contributed by atoms with E-state index in [9.17, 15) is 15.0 Å². The van der Waals surface area contributed by atoms with Gasteiger partial charge >= 0.3 is 5.97 Å². The van der Waals surface area contributed by atoms with Gasteiger partial charge in [0.2, 0.25) is 0 Å². The fraction of sp³-hybridized carbons (Fsp3) is 0.722. The van der Waals surface area contributed by atoms with E-state index in [2.05, 4.69) is 32.9 Å². The highest BCUT2D eigenvalue weighted by Gasteiger charge is 2.37. The second-order valence-electron chi connectivity index (χ2n) is 6.66. The first-order chi connectivity index (χ1) is 10.3. The summed E-state index contributed by atoms with van der Waals surface area (Å²) in [7, 11) is 0. The Balaban J connectivity index is 2.45. The molecule has 1 fully saturated rings. The molecule has 1 rings (SSSR count). The number of aliphatic hydroxyl groups excluding tert-OH is 2. The predicted octanol–water partition coefficient (Wildman–Crippen LogP) is 3.13. The first-order valence-corrected chi connectivity index (χ1v) is 8.15. The molecule has 4 heteroatoms. The van der Waals surface area contributed by atoms with Crippen molar-refractivity contribution in [1.29, 1.82) is 0 Å². The zero-order valence-corrected chi connectivity index (χ0v) is 14.2. The maximum Gasteiger partial charge on any atom is 0.311 e. The quantitative estimate of drug-likeness (QED) is 0.560. The number of aliphatic hydroxyl groups is 2. The van der Waals surface area contributed by atoms with Gasteiger partial charge in [0.1, 0.15) is 6.10 Å². The standard InChI is InChI=1S/C18H30O4/c1-12(2)6-5-7-13(3)8-9-15-11-17(20)16(10-14(4)19)18(21)22-15/h6,8,14-17,19-20H,5,7,9-11H2,1-4H3. The van der Waals surface area contributed by atoms with E-state index in [1.165, 1.54) is 11.1 Å². The van der Waals surface area contributed by atoms with Crippen molar-refractivity contribution < 1.29 is 19.7 Å². The Labute approximate surface area is 133 Å². The highest BCUT2D eigenvalue weighted by molar-refractivity contribution is 5.74. The van der Waals surface area contributed by atoms with Gasteiger partial charge in [-0.3, -0.25) is 4.79 Å². The van der Waals surface area contributed by atoms with Crippen LogP contribution >= 0.6 is 0 Å². The Morgan fingerprint density at radius 1 is 1.36 bits per heavy atom. The monoisotopic (exact) mass is 310 g/mol. The minimum atomic E-state index is -0.722. The average molecular weight is 310 g/mol. The molecule has 0 radical (unpaired) electrons. The molecule has 1 aliphatic rings. The zero-order chi connectivity index (χ0) is 16.7. The molecule has 1 aliphatic heterocycles. The van der Waals surface area contributed by atoms with Gasteiger partial charge in [-0.1, -0.05) is 23.3 Å². The summed E-state index contributed by atoms with van der Waals surface area (Å²) in [5.41, 5.74) is 2.59. The number of cyclic esters (lactones) is 1. The zero-order valence-electron chi connectivity index (χ0n) is 14.2. The van der Waals surface area contributed by atoms with Crippen LogP contribution in [0, 0.1) is 5.92 Å². The lowest BCUT2D eigenvalue weighted by Gasteiger charge is -2.32. The lowest BCUT2D eigenvalue weighted by molar-refractivity contribution is -0.171. The number of carbonyl (C=O) groups is 1. The van der Waals surface area contributed by atoms with Crippen LogP contribution in [0.4, 0.5) is 0 Å². The van der Waals surface area contributed by atoms with Gasteiger partial charge in [0.15, 0.2) is 0 Å². The van der Waals surface area contributed by atoms with Crippen molar-refractivity contribution in [1.82, 2.24) is 0 Å². The maximum atomic E-state index is 11.9. The van der Waals surface area contributed by atoms with Crippen LogP contribution < -0.4 is 0 Å². The maximum absolute atomic E-state index is 11.9. The molecule has 0 spiro atoms. The van der Waals surface area contributed by atoms with E-state index in [0.29, 0.717) is 12.8 Å². The molecule has 4 nitrogen and oxygen atoms in total. The Morgan fingerprint density at radius 3 is 2.59 bits per heavy atom. The van der Waals surface area contributed by atoms with Crippen LogP contribution in [0.15, 0.2) is 23.3 Å². The van der Waals surface area contributed by atoms with Gasteiger partial charge in [0.25, 0.3) is 0 Å². The summed E-state index contributed by atoms with van der Waals surface area (Å²) >= 11 is 0. The minimum Gasteiger partial charge on any atom is -0.462 e. The lowest BCUT2D eigenvalue weighted by Crippen LogP contribution is -2.42. The third kappa shape index (κ3) is 6.75. The molecule has 1 heterocycles. The van der Waals surface area contributed by atoms with E-state index in [-0.39, 0.29) is 18.5 Å². The third-order valence-corrected chi connectivity index (χ3v) is 3.97. The Kier molecular flexibility index (Phi) is 7.83. The van der Waals surface area contributed by atoms with Crippen LogP contribution in [0.5, 0.6) is 0 Å². The molecule has 0 amide bonds. The second kappa shape index (κ2) is 9.11. The molecular formula is C18H30O4. The van der Waals surface area contributed by atoms with Gasteiger partial charge in [-0.25, -0.2) is 0 Å². The number of allylic oxidation sites excluding steroid dienone is 3. The predicted molar refractivity (Wildman–Crippen MR) is 87.3 cm³/mol. The second-order valence-corrected chi connectivity index (χ2v) is 6.66. The number of carbonyl (C=O) groups excluding carboxylic acids is 1. The molecular weight excluding hydrogens is 280 g/mol. The van der Waals surface area contributed by atoms with Gasteiger partial charge in [0.05, 0.1) is 18.1 Å². The van der Waals surface area contributed by atoms with E-state index < -0.39 is 18.1 Å². The van der Waals surface area contributed by atoms with Gasteiger partial charge < -0.3 is 14.9 Å². The number of hydrogen-bond donors (Lipinski definition) is 2. The lowest BCUT2D eigenvalue weighted by atomic mass is 9.88. The molecule has 4 unspecified atom stereocenters. The van der Waals surface area contributed by atoms with E-state index >= 15 is 0 Å². The van der Waals surface area contributed by atoms with Crippen molar-refractivity contribution in [2.75, 3.05) is 0 Å². The van der Waals surface area contributed by atoms with Crippen LogP contribution in [0.25, 0.3) is 0 Å². The molecule has 0 saturated carbocycles. The van der Waals surface area contributed by atoms with Crippen LogP contribution in [-0.4, -0.2) is 34.5 Å². The number of rotatable bonds is 7. The molecule has 22 heavy (non-hydrogen) atoms. The van der Waals surface area contributed by atoms with E-state index in [4.69, 9.17) is 4.74 Å². The summed E-state index contributed by atoms with van der Waals surface area (Å²) in [5, 5.41) is 19.5. The smallest absolute Gasteiger partial charge is 0.311 e. The van der Waals surface area contributed by atoms with Crippen molar-refractivity contribution in [3.8, 4) is 0 Å². The highest BCUT2D eigenvalue weighted by atomic mass is 16.5. The first-order valence-electron chi connectivity index (χ1n) is 8.15. The normalized spacial score (nSPS) is 27.3. The molecule has 1 saturated heterocycles. The molecule has 0 aromatic rings.